The van der Waals surface area contributed by atoms with Gasteiger partial charge in [-0.05, 0) is 19.4 Å². The highest BCUT2D eigenvalue weighted by molar-refractivity contribution is 5.42. The lowest BCUT2D eigenvalue weighted by molar-refractivity contribution is 0.401. The van der Waals surface area contributed by atoms with Gasteiger partial charge < -0.3 is 4.74 Å². The lowest BCUT2D eigenvalue weighted by atomic mass is 10.0. The molecule has 0 aliphatic heterocycles. The van der Waals surface area contributed by atoms with Crippen LogP contribution >= 0.6 is 0 Å². The highest BCUT2D eigenvalue weighted by atomic mass is 16.5. The zero-order chi connectivity index (χ0) is 14.5. The Labute approximate surface area is 118 Å². The maximum atomic E-state index is 5.76. The van der Waals surface area contributed by atoms with Gasteiger partial charge in [0.1, 0.15) is 5.75 Å². The van der Waals surface area contributed by atoms with Gasteiger partial charge in [0.25, 0.3) is 0 Å². The lowest BCUT2D eigenvalue weighted by Gasteiger charge is -2.20. The monoisotopic (exact) mass is 275 g/mol. The lowest BCUT2D eigenvalue weighted by Crippen LogP contribution is -2.31. The van der Waals surface area contributed by atoms with E-state index in [0.29, 0.717) is 0 Å². The Morgan fingerprint density at radius 3 is 2.90 bits per heavy atom. The number of methoxy groups -OCH3 is 1. The molecule has 0 saturated carbocycles. The fraction of sp³-hybridized carbons (Fsp3) is 0.429. The molecule has 6 nitrogen and oxygen atoms in total. The number of aryl methyl sites for hydroxylation is 2. The molecule has 1 aromatic carbocycles. The van der Waals surface area contributed by atoms with Crippen molar-refractivity contribution in [3.05, 3.63) is 41.2 Å². The Hall–Kier alpha value is -1.92. The largest absolute Gasteiger partial charge is 0.496 e. The van der Waals surface area contributed by atoms with Gasteiger partial charge >= 0.3 is 0 Å². The summed E-state index contributed by atoms with van der Waals surface area (Å²) in [6.45, 7) is 4.95. The third-order valence-corrected chi connectivity index (χ3v) is 3.24. The molecule has 1 aromatic heterocycles. The maximum absolute atomic E-state index is 5.76. The first-order valence-corrected chi connectivity index (χ1v) is 6.70. The summed E-state index contributed by atoms with van der Waals surface area (Å²) < 4.78 is 7.30. The smallest absolute Gasteiger partial charge is 0.124 e. The van der Waals surface area contributed by atoms with E-state index < -0.39 is 0 Å². The van der Waals surface area contributed by atoms with Gasteiger partial charge in [-0.1, -0.05) is 29.8 Å². The summed E-state index contributed by atoms with van der Waals surface area (Å²) in [7, 11) is 1.66. The maximum Gasteiger partial charge on any atom is 0.124 e. The molecular formula is C14H21N5O. The van der Waals surface area contributed by atoms with Gasteiger partial charge in [-0.2, -0.15) is 0 Å². The van der Waals surface area contributed by atoms with Crippen LogP contribution in [0.1, 0.15) is 36.2 Å². The second-order valence-corrected chi connectivity index (χ2v) is 4.73. The van der Waals surface area contributed by atoms with Crippen molar-refractivity contribution >= 4 is 0 Å². The molecule has 6 heteroatoms. The van der Waals surface area contributed by atoms with Crippen LogP contribution in [0.5, 0.6) is 5.75 Å². The van der Waals surface area contributed by atoms with E-state index in [9.17, 15) is 0 Å². The first-order valence-electron chi connectivity index (χ1n) is 6.70. The van der Waals surface area contributed by atoms with Crippen LogP contribution < -0.4 is 16.0 Å². The summed E-state index contributed by atoms with van der Waals surface area (Å²) in [6, 6.07) is 5.82. The van der Waals surface area contributed by atoms with E-state index in [2.05, 4.69) is 28.7 Å². The predicted octanol–water partition coefficient (Wildman–Crippen LogP) is 1.56. The number of hydrazine groups is 1. The second kappa shape index (κ2) is 6.49. The fourth-order valence-electron chi connectivity index (χ4n) is 2.29. The molecule has 2 aromatic rings. The van der Waals surface area contributed by atoms with E-state index in [-0.39, 0.29) is 6.04 Å². The molecule has 0 spiro atoms. The number of hydrogen-bond acceptors (Lipinski definition) is 5. The number of rotatable bonds is 6. The summed E-state index contributed by atoms with van der Waals surface area (Å²) in [5.74, 6) is 6.55. The van der Waals surface area contributed by atoms with Crippen LogP contribution in [0.4, 0.5) is 0 Å². The standard InChI is InChI=1S/C14H21N5O/c1-4-7-19-12(9-16-18-19)14(17-15)11-8-10(2)5-6-13(11)20-3/h5-6,8-9,14,17H,4,7,15H2,1-3H3. The molecule has 1 atom stereocenters. The van der Waals surface area contributed by atoms with Crippen molar-refractivity contribution in [3.8, 4) is 5.75 Å². The van der Waals surface area contributed by atoms with Crippen LogP contribution in [0.15, 0.2) is 24.4 Å². The average molecular weight is 275 g/mol. The van der Waals surface area contributed by atoms with Crippen LogP contribution in [0.3, 0.4) is 0 Å². The summed E-state index contributed by atoms with van der Waals surface area (Å²) in [5, 5.41) is 8.10. The second-order valence-electron chi connectivity index (χ2n) is 4.73. The van der Waals surface area contributed by atoms with Crippen molar-refractivity contribution in [3.63, 3.8) is 0 Å². The minimum atomic E-state index is -0.202. The summed E-state index contributed by atoms with van der Waals surface area (Å²) in [5.41, 5.74) is 5.90. The van der Waals surface area contributed by atoms with Crippen LogP contribution in [0, 0.1) is 6.92 Å². The molecule has 1 heterocycles. The molecular weight excluding hydrogens is 254 g/mol. The summed E-state index contributed by atoms with van der Waals surface area (Å²) >= 11 is 0. The van der Waals surface area contributed by atoms with Crippen LogP contribution in [-0.4, -0.2) is 22.1 Å². The number of benzene rings is 1. The topological polar surface area (TPSA) is 78.0 Å². The van der Waals surface area contributed by atoms with E-state index >= 15 is 0 Å². The van der Waals surface area contributed by atoms with E-state index in [4.69, 9.17) is 10.6 Å². The predicted molar refractivity (Wildman–Crippen MR) is 77.2 cm³/mol. The first-order chi connectivity index (χ1) is 9.71. The Morgan fingerprint density at radius 2 is 2.25 bits per heavy atom. The molecule has 0 saturated heterocycles. The summed E-state index contributed by atoms with van der Waals surface area (Å²) in [4.78, 5) is 0. The van der Waals surface area contributed by atoms with E-state index in [0.717, 1.165) is 35.5 Å². The van der Waals surface area contributed by atoms with Crippen LogP contribution in [0.25, 0.3) is 0 Å². The fourth-order valence-corrected chi connectivity index (χ4v) is 2.29. The molecule has 2 rings (SSSR count). The van der Waals surface area contributed by atoms with Gasteiger partial charge in [-0.3, -0.25) is 5.84 Å². The van der Waals surface area contributed by atoms with E-state index in [1.54, 1.807) is 13.3 Å². The highest BCUT2D eigenvalue weighted by Crippen LogP contribution is 2.30. The van der Waals surface area contributed by atoms with Crippen molar-refractivity contribution in [2.45, 2.75) is 32.9 Å². The normalized spacial score (nSPS) is 12.4. The van der Waals surface area contributed by atoms with E-state index in [1.165, 1.54) is 0 Å². The molecule has 0 fully saturated rings. The van der Waals surface area contributed by atoms with Gasteiger partial charge in [0.05, 0.1) is 25.0 Å². The van der Waals surface area contributed by atoms with Crippen LogP contribution in [0.2, 0.25) is 0 Å². The Kier molecular flexibility index (Phi) is 4.70. The van der Waals surface area contributed by atoms with Crippen LogP contribution in [-0.2, 0) is 6.54 Å². The quantitative estimate of drug-likeness (QED) is 0.618. The Bertz CT molecular complexity index is 566. The molecule has 3 N–H and O–H groups in total. The van der Waals surface area contributed by atoms with Gasteiger partial charge in [0, 0.05) is 12.1 Å². The summed E-state index contributed by atoms with van der Waals surface area (Å²) in [6.07, 6.45) is 2.72. The van der Waals surface area contributed by atoms with E-state index in [1.807, 2.05) is 23.7 Å². The average Bonchev–Trinajstić information content (AvgIpc) is 2.89. The number of nitrogens with two attached hydrogens (primary N) is 1. The zero-order valence-electron chi connectivity index (χ0n) is 12.1. The molecule has 0 radical (unpaired) electrons. The minimum Gasteiger partial charge on any atom is -0.496 e. The number of nitrogens with one attached hydrogen (secondary N) is 1. The molecule has 0 aliphatic rings. The van der Waals surface area contributed by atoms with Crippen molar-refractivity contribution in [2.24, 2.45) is 5.84 Å². The van der Waals surface area contributed by atoms with Crippen molar-refractivity contribution in [1.82, 2.24) is 20.4 Å². The third-order valence-electron chi connectivity index (χ3n) is 3.24. The van der Waals surface area contributed by atoms with Crippen molar-refractivity contribution in [2.75, 3.05) is 7.11 Å². The highest BCUT2D eigenvalue weighted by Gasteiger charge is 2.21. The van der Waals surface area contributed by atoms with Gasteiger partial charge in [0.15, 0.2) is 0 Å². The molecule has 1 unspecified atom stereocenters. The van der Waals surface area contributed by atoms with Crippen molar-refractivity contribution in [1.29, 1.82) is 0 Å². The molecule has 0 bridgehead atoms. The zero-order valence-corrected chi connectivity index (χ0v) is 12.1. The Morgan fingerprint density at radius 1 is 1.45 bits per heavy atom. The number of nitrogens with zero attached hydrogens (tertiary/aromatic N) is 3. The number of aromatic nitrogens is 3. The van der Waals surface area contributed by atoms with Crippen molar-refractivity contribution < 1.29 is 4.74 Å². The molecule has 0 amide bonds. The van der Waals surface area contributed by atoms with Gasteiger partial charge in [-0.15, -0.1) is 5.10 Å². The first kappa shape index (κ1) is 14.5. The number of ether oxygens (including phenoxy) is 1. The third kappa shape index (κ3) is 2.81. The van der Waals surface area contributed by atoms with Gasteiger partial charge in [-0.25, -0.2) is 10.1 Å². The van der Waals surface area contributed by atoms with Gasteiger partial charge in [0.2, 0.25) is 0 Å². The minimum absolute atomic E-state index is 0.202. The SMILES string of the molecule is CCCn1nncc1C(NN)c1cc(C)ccc1OC. The number of hydrogen-bond donors (Lipinski definition) is 2. The molecule has 0 aliphatic carbocycles. The Balaban J connectivity index is 2.46. The molecule has 108 valence electrons. The molecule has 20 heavy (non-hydrogen) atoms.